The summed E-state index contributed by atoms with van der Waals surface area (Å²) in [5, 5.41) is 11.3. The molecule has 0 radical (unpaired) electrons. The predicted octanol–water partition coefficient (Wildman–Crippen LogP) is 0.627. The first-order valence-corrected chi connectivity index (χ1v) is 3.27. The molecule has 0 aromatic heterocycles. The summed E-state index contributed by atoms with van der Waals surface area (Å²) < 4.78 is 0. The Morgan fingerprint density at radius 3 is 2.70 bits per heavy atom. The Kier molecular flexibility index (Phi) is 4.58. The van der Waals surface area contributed by atoms with E-state index in [-0.39, 0.29) is 0 Å². The second-order valence-corrected chi connectivity index (χ2v) is 2.11. The van der Waals surface area contributed by atoms with Gasteiger partial charge in [-0.2, -0.15) is 0 Å². The molecule has 0 aliphatic rings. The molecule has 0 saturated carbocycles. The highest BCUT2D eigenvalue weighted by atomic mass is 16.4. The van der Waals surface area contributed by atoms with E-state index in [1.807, 2.05) is 6.92 Å². The van der Waals surface area contributed by atoms with E-state index < -0.39 is 5.97 Å². The van der Waals surface area contributed by atoms with Crippen molar-refractivity contribution in [2.24, 2.45) is 0 Å². The third kappa shape index (κ3) is 5.31. The van der Waals surface area contributed by atoms with Crippen LogP contribution in [-0.4, -0.2) is 24.2 Å². The topological polar surface area (TPSA) is 49.3 Å². The molecule has 0 saturated heterocycles. The minimum Gasteiger partial charge on any atom is -0.478 e. The van der Waals surface area contributed by atoms with E-state index in [1.165, 1.54) is 6.08 Å². The molecule has 0 spiro atoms. The molecule has 0 aromatic rings. The number of carboxylic acid groups (broad SMARTS) is 1. The van der Waals surface area contributed by atoms with Crippen molar-refractivity contribution in [2.45, 2.75) is 13.8 Å². The summed E-state index contributed by atoms with van der Waals surface area (Å²) in [4.78, 5) is 10.1. The van der Waals surface area contributed by atoms with Gasteiger partial charge in [0.2, 0.25) is 0 Å². The van der Waals surface area contributed by atoms with Crippen molar-refractivity contribution in [3.05, 3.63) is 11.6 Å². The van der Waals surface area contributed by atoms with E-state index in [0.717, 1.165) is 12.1 Å². The lowest BCUT2D eigenvalue weighted by molar-refractivity contribution is -0.131. The van der Waals surface area contributed by atoms with Gasteiger partial charge in [0.15, 0.2) is 0 Å². The molecule has 0 unspecified atom stereocenters. The van der Waals surface area contributed by atoms with Crippen LogP contribution < -0.4 is 5.32 Å². The monoisotopic (exact) mass is 143 g/mol. The molecular weight excluding hydrogens is 130 g/mol. The van der Waals surface area contributed by atoms with Crippen LogP contribution in [0.25, 0.3) is 0 Å². The number of rotatable bonds is 4. The van der Waals surface area contributed by atoms with Gasteiger partial charge in [0, 0.05) is 12.6 Å². The standard InChI is InChI=1S/C7H13NO2/c1-3-8-5-6(2)4-7(9)10/h4,8H,3,5H2,1-2H3,(H,9,10)/b6-4+. The van der Waals surface area contributed by atoms with Gasteiger partial charge in [0.1, 0.15) is 0 Å². The molecule has 0 heterocycles. The summed E-state index contributed by atoms with van der Waals surface area (Å²) in [5.41, 5.74) is 0.842. The second-order valence-electron chi connectivity index (χ2n) is 2.11. The molecule has 0 rings (SSSR count). The maximum absolute atomic E-state index is 10.1. The average Bonchev–Trinajstić information content (AvgIpc) is 1.82. The quantitative estimate of drug-likeness (QED) is 0.567. The van der Waals surface area contributed by atoms with Gasteiger partial charge in [0.25, 0.3) is 0 Å². The van der Waals surface area contributed by atoms with E-state index in [1.54, 1.807) is 6.92 Å². The molecule has 3 heteroatoms. The minimum atomic E-state index is -0.879. The van der Waals surface area contributed by atoms with Crippen LogP contribution in [-0.2, 0) is 4.79 Å². The van der Waals surface area contributed by atoms with Gasteiger partial charge in [0.05, 0.1) is 0 Å². The van der Waals surface area contributed by atoms with E-state index in [4.69, 9.17) is 5.11 Å². The zero-order chi connectivity index (χ0) is 7.98. The smallest absolute Gasteiger partial charge is 0.328 e. The van der Waals surface area contributed by atoms with Gasteiger partial charge < -0.3 is 10.4 Å². The maximum Gasteiger partial charge on any atom is 0.328 e. The Labute approximate surface area is 60.7 Å². The van der Waals surface area contributed by atoms with Crippen LogP contribution in [0.3, 0.4) is 0 Å². The second kappa shape index (κ2) is 4.99. The molecule has 0 aliphatic carbocycles. The molecule has 2 N–H and O–H groups in total. The fraction of sp³-hybridized carbons (Fsp3) is 0.571. The van der Waals surface area contributed by atoms with Gasteiger partial charge >= 0.3 is 5.97 Å². The van der Waals surface area contributed by atoms with Crippen LogP contribution in [0.15, 0.2) is 11.6 Å². The number of carboxylic acids is 1. The first kappa shape index (κ1) is 9.17. The molecule has 0 bridgehead atoms. The lowest BCUT2D eigenvalue weighted by Gasteiger charge is -1.98. The van der Waals surface area contributed by atoms with Gasteiger partial charge in [-0.1, -0.05) is 12.5 Å². The molecular formula is C7H13NO2. The van der Waals surface area contributed by atoms with E-state index in [0.29, 0.717) is 6.54 Å². The lowest BCUT2D eigenvalue weighted by atomic mass is 10.3. The van der Waals surface area contributed by atoms with Crippen LogP contribution in [0.5, 0.6) is 0 Å². The number of hydrogen-bond donors (Lipinski definition) is 2. The number of aliphatic carboxylic acids is 1. The predicted molar refractivity (Wildman–Crippen MR) is 39.9 cm³/mol. The molecule has 58 valence electrons. The Hall–Kier alpha value is -0.830. The number of nitrogens with one attached hydrogen (secondary N) is 1. The van der Waals surface area contributed by atoms with Crippen LogP contribution in [0, 0.1) is 0 Å². The fourth-order valence-electron chi connectivity index (χ4n) is 0.584. The number of hydrogen-bond acceptors (Lipinski definition) is 2. The van der Waals surface area contributed by atoms with Crippen LogP contribution in [0.4, 0.5) is 0 Å². The molecule has 0 atom stereocenters. The SMILES string of the molecule is CCNC/C(C)=C/C(=O)O. The molecule has 10 heavy (non-hydrogen) atoms. The van der Waals surface area contributed by atoms with Crippen molar-refractivity contribution in [1.82, 2.24) is 5.32 Å². The highest BCUT2D eigenvalue weighted by Gasteiger charge is 1.91. The molecule has 0 aliphatic heterocycles. The van der Waals surface area contributed by atoms with Crippen molar-refractivity contribution in [3.8, 4) is 0 Å². The molecule has 3 nitrogen and oxygen atoms in total. The summed E-state index contributed by atoms with van der Waals surface area (Å²) in [5.74, 6) is -0.879. The van der Waals surface area contributed by atoms with Crippen molar-refractivity contribution in [2.75, 3.05) is 13.1 Å². The van der Waals surface area contributed by atoms with Crippen LogP contribution >= 0.6 is 0 Å². The van der Waals surface area contributed by atoms with Gasteiger partial charge in [-0.05, 0) is 13.5 Å². The van der Waals surface area contributed by atoms with E-state index >= 15 is 0 Å². The normalized spacial score (nSPS) is 11.6. The fourth-order valence-corrected chi connectivity index (χ4v) is 0.584. The maximum atomic E-state index is 10.1. The molecule has 0 fully saturated rings. The highest BCUT2D eigenvalue weighted by molar-refractivity contribution is 5.80. The Morgan fingerprint density at radius 1 is 1.70 bits per heavy atom. The third-order valence-corrected chi connectivity index (χ3v) is 1.02. The van der Waals surface area contributed by atoms with Gasteiger partial charge in [-0.3, -0.25) is 0 Å². The molecule has 0 amide bonds. The zero-order valence-corrected chi connectivity index (χ0v) is 6.35. The third-order valence-electron chi connectivity index (χ3n) is 1.02. The van der Waals surface area contributed by atoms with Gasteiger partial charge in [-0.15, -0.1) is 0 Å². The van der Waals surface area contributed by atoms with Crippen LogP contribution in [0.2, 0.25) is 0 Å². The first-order chi connectivity index (χ1) is 4.66. The van der Waals surface area contributed by atoms with Crippen molar-refractivity contribution in [1.29, 1.82) is 0 Å². The minimum absolute atomic E-state index is 0.656. The van der Waals surface area contributed by atoms with Crippen molar-refractivity contribution < 1.29 is 9.90 Å². The summed E-state index contributed by atoms with van der Waals surface area (Å²) in [6.45, 7) is 5.29. The first-order valence-electron chi connectivity index (χ1n) is 3.27. The largest absolute Gasteiger partial charge is 0.478 e. The summed E-state index contributed by atoms with van der Waals surface area (Å²) in [6, 6.07) is 0. The van der Waals surface area contributed by atoms with E-state index in [2.05, 4.69) is 5.32 Å². The highest BCUT2D eigenvalue weighted by Crippen LogP contribution is 1.87. The number of carbonyl (C=O) groups is 1. The summed E-state index contributed by atoms with van der Waals surface area (Å²) in [6.07, 6.45) is 1.21. The van der Waals surface area contributed by atoms with Crippen LogP contribution in [0.1, 0.15) is 13.8 Å². The average molecular weight is 143 g/mol. The zero-order valence-electron chi connectivity index (χ0n) is 6.35. The Balaban J connectivity index is 3.60. The lowest BCUT2D eigenvalue weighted by Crippen LogP contribution is -2.15. The van der Waals surface area contributed by atoms with Gasteiger partial charge in [-0.25, -0.2) is 4.79 Å². The summed E-state index contributed by atoms with van der Waals surface area (Å²) >= 11 is 0. The Morgan fingerprint density at radius 2 is 2.30 bits per heavy atom. The van der Waals surface area contributed by atoms with E-state index in [9.17, 15) is 4.79 Å². The Bertz CT molecular complexity index is 141. The molecule has 0 aromatic carbocycles. The van der Waals surface area contributed by atoms with Crippen molar-refractivity contribution in [3.63, 3.8) is 0 Å². The summed E-state index contributed by atoms with van der Waals surface area (Å²) in [7, 11) is 0. The van der Waals surface area contributed by atoms with Crippen molar-refractivity contribution >= 4 is 5.97 Å². The number of likely N-dealkylation sites (N-methyl/N-ethyl adjacent to an activating group) is 1.